The first kappa shape index (κ1) is 24.3. The molecule has 0 radical (unpaired) electrons. The van der Waals surface area contributed by atoms with E-state index in [1.54, 1.807) is 30.1 Å². The number of carbonyl (C=O) groups is 1. The van der Waals surface area contributed by atoms with Crippen LogP contribution >= 0.6 is 11.8 Å². The molecular weight excluding hydrogens is 471 g/mol. The molecule has 1 aromatic heterocycles. The Hall–Kier alpha value is -3.42. The number of rotatable bonds is 8. The summed E-state index contributed by atoms with van der Waals surface area (Å²) < 4.78 is 14.8. The molecular formula is C29H29FN4OS. The van der Waals surface area contributed by atoms with Crippen molar-refractivity contribution >= 4 is 34.3 Å². The average molecular weight is 501 g/mol. The molecule has 36 heavy (non-hydrogen) atoms. The summed E-state index contributed by atoms with van der Waals surface area (Å²) in [5.41, 5.74) is 3.07. The highest BCUT2D eigenvalue weighted by atomic mass is 32.2. The normalized spacial score (nSPS) is 14.2. The number of amides is 1. The number of nitrogens with one attached hydrogen (secondary N) is 1. The number of thioether (sulfide) groups is 1. The molecule has 0 atom stereocenters. The van der Waals surface area contributed by atoms with Crippen molar-refractivity contribution in [2.24, 2.45) is 0 Å². The number of para-hydroxylation sites is 1. The Bertz CT molecular complexity index is 1320. The van der Waals surface area contributed by atoms with Gasteiger partial charge in [0.25, 0.3) is 5.91 Å². The van der Waals surface area contributed by atoms with Crippen LogP contribution < -0.4 is 5.32 Å². The molecule has 5 nitrogen and oxygen atoms in total. The third-order valence-electron chi connectivity index (χ3n) is 6.40. The zero-order valence-electron chi connectivity index (χ0n) is 20.1. The van der Waals surface area contributed by atoms with Crippen LogP contribution in [0.5, 0.6) is 0 Å². The van der Waals surface area contributed by atoms with Gasteiger partial charge in [0.15, 0.2) is 0 Å². The van der Waals surface area contributed by atoms with Crippen molar-refractivity contribution in [1.29, 1.82) is 0 Å². The van der Waals surface area contributed by atoms with Crippen LogP contribution in [-0.2, 0) is 6.54 Å². The molecule has 1 fully saturated rings. The summed E-state index contributed by atoms with van der Waals surface area (Å²) in [4.78, 5) is 22.7. The standard InChI is InChI=1S/C29H29FN4OS/c30-25-20-24(29(35)34-17-15-33(16-18-34)21-22-6-2-1-3-7-22)11-12-26(25)31-14-19-36-27-10-4-8-23-9-5-13-32-28(23)27/h1-13,20,31H,14-19,21H2. The Morgan fingerprint density at radius 3 is 2.56 bits per heavy atom. The third kappa shape index (κ3) is 5.86. The molecule has 0 unspecified atom stereocenters. The van der Waals surface area contributed by atoms with Crippen molar-refractivity contribution in [3.05, 3.63) is 102 Å². The molecule has 7 heteroatoms. The lowest BCUT2D eigenvalue weighted by Gasteiger charge is -2.34. The third-order valence-corrected chi connectivity index (χ3v) is 7.44. The zero-order chi connectivity index (χ0) is 24.7. The van der Waals surface area contributed by atoms with Gasteiger partial charge in [-0.1, -0.05) is 48.5 Å². The van der Waals surface area contributed by atoms with Crippen LogP contribution in [0.2, 0.25) is 0 Å². The first-order valence-electron chi connectivity index (χ1n) is 12.2. The molecule has 0 bridgehead atoms. The van der Waals surface area contributed by atoms with Crippen LogP contribution in [0, 0.1) is 5.82 Å². The molecule has 0 aliphatic carbocycles. The SMILES string of the molecule is O=C(c1ccc(NCCSc2cccc3cccnc23)c(F)c1)N1CCN(Cc2ccccc2)CC1. The Labute approximate surface area is 215 Å². The molecule has 1 aliphatic heterocycles. The van der Waals surface area contributed by atoms with Crippen LogP contribution in [0.25, 0.3) is 10.9 Å². The van der Waals surface area contributed by atoms with Gasteiger partial charge < -0.3 is 10.2 Å². The van der Waals surface area contributed by atoms with Gasteiger partial charge in [-0.05, 0) is 35.9 Å². The monoisotopic (exact) mass is 500 g/mol. The lowest BCUT2D eigenvalue weighted by molar-refractivity contribution is 0.0628. The minimum atomic E-state index is -0.402. The average Bonchev–Trinajstić information content (AvgIpc) is 2.92. The number of hydrogen-bond acceptors (Lipinski definition) is 5. The summed E-state index contributed by atoms with van der Waals surface area (Å²) in [5.74, 6) is 0.252. The number of halogens is 1. The number of hydrogen-bond donors (Lipinski definition) is 1. The topological polar surface area (TPSA) is 48.5 Å². The molecule has 1 amide bonds. The number of piperazine rings is 1. The summed E-state index contributed by atoms with van der Waals surface area (Å²) in [5, 5.41) is 4.27. The molecule has 1 saturated heterocycles. The van der Waals surface area contributed by atoms with E-state index >= 15 is 0 Å². The zero-order valence-corrected chi connectivity index (χ0v) is 20.9. The molecule has 1 N–H and O–H groups in total. The quantitative estimate of drug-likeness (QED) is 0.254. The van der Waals surface area contributed by atoms with E-state index in [0.717, 1.165) is 41.2 Å². The van der Waals surface area contributed by atoms with Crippen molar-refractivity contribution in [3.8, 4) is 0 Å². The van der Waals surface area contributed by atoms with Crippen LogP contribution in [0.3, 0.4) is 0 Å². The number of pyridine rings is 1. The van der Waals surface area contributed by atoms with E-state index in [1.165, 1.54) is 11.6 Å². The molecule has 2 heterocycles. The maximum absolute atomic E-state index is 14.8. The number of carbonyl (C=O) groups excluding carboxylic acids is 1. The van der Waals surface area contributed by atoms with Crippen molar-refractivity contribution in [1.82, 2.24) is 14.8 Å². The van der Waals surface area contributed by atoms with Gasteiger partial charge in [0.2, 0.25) is 0 Å². The molecule has 0 saturated carbocycles. The van der Waals surface area contributed by atoms with E-state index in [0.29, 0.717) is 30.9 Å². The number of benzene rings is 3. The smallest absolute Gasteiger partial charge is 0.254 e. The number of anilines is 1. The highest BCUT2D eigenvalue weighted by Crippen LogP contribution is 2.26. The fourth-order valence-corrected chi connectivity index (χ4v) is 5.37. The lowest BCUT2D eigenvalue weighted by Crippen LogP contribution is -2.48. The van der Waals surface area contributed by atoms with Gasteiger partial charge in [-0.25, -0.2) is 4.39 Å². The summed E-state index contributed by atoms with van der Waals surface area (Å²) in [6.07, 6.45) is 1.80. The molecule has 1 aliphatic rings. The number of fused-ring (bicyclic) bond motifs is 1. The second-order valence-corrected chi connectivity index (χ2v) is 9.99. The van der Waals surface area contributed by atoms with Crippen LogP contribution in [-0.4, -0.2) is 59.2 Å². The van der Waals surface area contributed by atoms with Crippen molar-refractivity contribution in [2.45, 2.75) is 11.4 Å². The van der Waals surface area contributed by atoms with E-state index in [-0.39, 0.29) is 5.91 Å². The Kier molecular flexibility index (Phi) is 7.79. The lowest BCUT2D eigenvalue weighted by atomic mass is 10.1. The molecule has 0 spiro atoms. The fourth-order valence-electron chi connectivity index (χ4n) is 4.46. The maximum atomic E-state index is 14.8. The largest absolute Gasteiger partial charge is 0.382 e. The van der Waals surface area contributed by atoms with Gasteiger partial charge in [0.05, 0.1) is 11.2 Å². The number of nitrogens with zero attached hydrogens (tertiary/aromatic N) is 3. The predicted molar refractivity (Wildman–Crippen MR) is 145 cm³/mol. The van der Waals surface area contributed by atoms with Gasteiger partial charge in [0.1, 0.15) is 5.82 Å². The Morgan fingerprint density at radius 1 is 0.944 bits per heavy atom. The van der Waals surface area contributed by atoms with Crippen LogP contribution in [0.15, 0.2) is 90.0 Å². The highest BCUT2D eigenvalue weighted by molar-refractivity contribution is 7.99. The molecule has 4 aromatic rings. The van der Waals surface area contributed by atoms with Gasteiger partial charge in [0, 0.05) is 67.1 Å². The molecule has 5 rings (SSSR count). The van der Waals surface area contributed by atoms with E-state index in [2.05, 4.69) is 33.4 Å². The minimum absolute atomic E-state index is 0.112. The Morgan fingerprint density at radius 2 is 1.75 bits per heavy atom. The Balaban J connectivity index is 1.11. The van der Waals surface area contributed by atoms with Crippen LogP contribution in [0.1, 0.15) is 15.9 Å². The second-order valence-electron chi connectivity index (χ2n) is 8.86. The van der Waals surface area contributed by atoms with Crippen molar-refractivity contribution < 1.29 is 9.18 Å². The highest BCUT2D eigenvalue weighted by Gasteiger charge is 2.23. The van der Waals surface area contributed by atoms with Crippen LogP contribution in [0.4, 0.5) is 10.1 Å². The summed E-state index contributed by atoms with van der Waals surface area (Å²) in [6.45, 7) is 4.40. The minimum Gasteiger partial charge on any atom is -0.382 e. The second kappa shape index (κ2) is 11.5. The first-order valence-corrected chi connectivity index (χ1v) is 13.2. The first-order chi connectivity index (χ1) is 17.7. The maximum Gasteiger partial charge on any atom is 0.254 e. The van der Waals surface area contributed by atoms with Gasteiger partial charge in [-0.2, -0.15) is 0 Å². The van der Waals surface area contributed by atoms with Gasteiger partial charge in [-0.3, -0.25) is 14.7 Å². The van der Waals surface area contributed by atoms with Crippen molar-refractivity contribution in [2.75, 3.05) is 43.8 Å². The molecule has 184 valence electrons. The van der Waals surface area contributed by atoms with Crippen molar-refractivity contribution in [3.63, 3.8) is 0 Å². The van der Waals surface area contributed by atoms with E-state index in [1.807, 2.05) is 47.4 Å². The summed E-state index contributed by atoms with van der Waals surface area (Å²) in [7, 11) is 0. The van der Waals surface area contributed by atoms with E-state index in [9.17, 15) is 9.18 Å². The van der Waals surface area contributed by atoms with E-state index in [4.69, 9.17) is 0 Å². The summed E-state index contributed by atoms with van der Waals surface area (Å²) in [6, 6.07) is 25.2. The summed E-state index contributed by atoms with van der Waals surface area (Å²) >= 11 is 1.69. The van der Waals surface area contributed by atoms with Gasteiger partial charge >= 0.3 is 0 Å². The predicted octanol–water partition coefficient (Wildman–Crippen LogP) is 5.54. The number of aromatic nitrogens is 1. The molecule has 3 aromatic carbocycles. The van der Waals surface area contributed by atoms with Gasteiger partial charge in [-0.15, -0.1) is 11.8 Å². The van der Waals surface area contributed by atoms with E-state index < -0.39 is 5.82 Å². The fraction of sp³-hybridized carbons (Fsp3) is 0.241.